The van der Waals surface area contributed by atoms with Gasteiger partial charge in [-0.2, -0.15) is 0 Å². The van der Waals surface area contributed by atoms with Gasteiger partial charge >= 0.3 is 0 Å². The number of hydrogen-bond acceptors (Lipinski definition) is 4. The van der Waals surface area contributed by atoms with Gasteiger partial charge in [0.1, 0.15) is 6.61 Å². The highest BCUT2D eigenvalue weighted by atomic mass is 16.5. The Balaban J connectivity index is 2.26. The Labute approximate surface area is 90.6 Å². The topological polar surface area (TPSA) is 53.0 Å². The molecule has 0 aromatic rings. The second kappa shape index (κ2) is 6.05. The molecule has 1 aliphatic rings. The van der Waals surface area contributed by atoms with Crippen molar-refractivity contribution in [3.63, 3.8) is 0 Å². The van der Waals surface area contributed by atoms with E-state index in [9.17, 15) is 9.90 Å². The van der Waals surface area contributed by atoms with Gasteiger partial charge in [-0.25, -0.2) is 0 Å². The summed E-state index contributed by atoms with van der Waals surface area (Å²) in [6.07, 6.45) is -0.300. The molecule has 1 fully saturated rings. The number of ether oxygens (including phenoxy) is 1. The molecular formula is C10H20N2O3. The van der Waals surface area contributed by atoms with Crippen molar-refractivity contribution >= 4 is 5.91 Å². The highest BCUT2D eigenvalue weighted by Gasteiger charge is 2.21. The SMILES string of the molecule is COCC(=O)N1CCN(CC(C)O)CC1. The summed E-state index contributed by atoms with van der Waals surface area (Å²) >= 11 is 0. The van der Waals surface area contributed by atoms with Gasteiger partial charge in [-0.3, -0.25) is 9.69 Å². The maximum atomic E-state index is 11.5. The standard InChI is InChI=1S/C10H20N2O3/c1-9(13)7-11-3-5-12(6-4-11)10(14)8-15-2/h9,13H,3-8H2,1-2H3. The Kier molecular flexibility index (Phi) is 5.01. The summed E-state index contributed by atoms with van der Waals surface area (Å²) in [5.74, 6) is 0.0502. The lowest BCUT2D eigenvalue weighted by molar-refractivity contribution is -0.137. The molecule has 88 valence electrons. The molecule has 1 amide bonds. The van der Waals surface area contributed by atoms with Crippen LogP contribution in [-0.2, 0) is 9.53 Å². The molecule has 1 N–H and O–H groups in total. The fraction of sp³-hybridized carbons (Fsp3) is 0.900. The molecule has 0 aliphatic carbocycles. The van der Waals surface area contributed by atoms with E-state index in [1.54, 1.807) is 6.92 Å². The van der Waals surface area contributed by atoms with E-state index in [0.29, 0.717) is 6.54 Å². The van der Waals surface area contributed by atoms with Gasteiger partial charge < -0.3 is 14.7 Å². The van der Waals surface area contributed by atoms with Crippen LogP contribution in [-0.4, -0.2) is 73.4 Å². The van der Waals surface area contributed by atoms with E-state index in [1.807, 2.05) is 4.90 Å². The first-order valence-electron chi connectivity index (χ1n) is 5.30. The zero-order chi connectivity index (χ0) is 11.3. The average molecular weight is 216 g/mol. The molecule has 15 heavy (non-hydrogen) atoms. The van der Waals surface area contributed by atoms with Crippen molar-refractivity contribution in [3.05, 3.63) is 0 Å². The zero-order valence-corrected chi connectivity index (χ0v) is 9.48. The Morgan fingerprint density at radius 3 is 2.47 bits per heavy atom. The van der Waals surface area contributed by atoms with E-state index in [-0.39, 0.29) is 18.6 Å². The van der Waals surface area contributed by atoms with E-state index in [0.717, 1.165) is 26.2 Å². The molecule has 0 saturated carbocycles. The summed E-state index contributed by atoms with van der Waals surface area (Å²) in [6.45, 7) is 5.76. The van der Waals surface area contributed by atoms with Gasteiger partial charge in [0.2, 0.25) is 5.91 Å². The van der Waals surface area contributed by atoms with Crippen LogP contribution in [0.5, 0.6) is 0 Å². The minimum Gasteiger partial charge on any atom is -0.392 e. The first kappa shape index (κ1) is 12.4. The van der Waals surface area contributed by atoms with E-state index < -0.39 is 0 Å². The minimum atomic E-state index is -0.300. The lowest BCUT2D eigenvalue weighted by Gasteiger charge is -2.35. The first-order chi connectivity index (χ1) is 7.13. The third kappa shape index (κ3) is 4.15. The van der Waals surface area contributed by atoms with Crippen LogP contribution >= 0.6 is 0 Å². The van der Waals surface area contributed by atoms with Crippen molar-refractivity contribution in [1.82, 2.24) is 9.80 Å². The Morgan fingerprint density at radius 1 is 1.40 bits per heavy atom. The van der Waals surface area contributed by atoms with Crippen molar-refractivity contribution in [1.29, 1.82) is 0 Å². The van der Waals surface area contributed by atoms with Crippen LogP contribution in [0.25, 0.3) is 0 Å². The smallest absolute Gasteiger partial charge is 0.248 e. The summed E-state index contributed by atoms with van der Waals surface area (Å²) in [7, 11) is 1.53. The van der Waals surface area contributed by atoms with E-state index in [2.05, 4.69) is 4.90 Å². The molecule has 0 spiro atoms. The normalized spacial score (nSPS) is 20.3. The number of aliphatic hydroxyl groups is 1. The van der Waals surface area contributed by atoms with E-state index in [4.69, 9.17) is 4.74 Å². The predicted octanol–water partition coefficient (Wildman–Crippen LogP) is -0.842. The number of carbonyl (C=O) groups excluding carboxylic acids is 1. The monoisotopic (exact) mass is 216 g/mol. The van der Waals surface area contributed by atoms with Crippen LogP contribution in [0.3, 0.4) is 0 Å². The number of β-amino-alcohol motifs (C(OH)–C–C–N with tert-alkyl or cyclic N) is 1. The number of hydrogen-bond donors (Lipinski definition) is 1. The molecule has 1 heterocycles. The first-order valence-corrected chi connectivity index (χ1v) is 5.30. The van der Waals surface area contributed by atoms with Crippen LogP contribution in [0, 0.1) is 0 Å². The molecule has 0 aromatic heterocycles. The molecule has 0 aromatic carbocycles. The van der Waals surface area contributed by atoms with Gasteiger partial charge in [-0.05, 0) is 6.92 Å². The highest BCUT2D eigenvalue weighted by Crippen LogP contribution is 2.03. The fourth-order valence-electron chi connectivity index (χ4n) is 1.77. The number of nitrogens with zero attached hydrogens (tertiary/aromatic N) is 2. The van der Waals surface area contributed by atoms with Gasteiger partial charge in [0.05, 0.1) is 6.10 Å². The molecule has 1 rings (SSSR count). The van der Waals surface area contributed by atoms with Crippen LogP contribution < -0.4 is 0 Å². The van der Waals surface area contributed by atoms with Crippen LogP contribution in [0.1, 0.15) is 6.92 Å². The number of carbonyl (C=O) groups is 1. The van der Waals surface area contributed by atoms with E-state index >= 15 is 0 Å². The lowest BCUT2D eigenvalue weighted by atomic mass is 10.3. The highest BCUT2D eigenvalue weighted by molar-refractivity contribution is 5.77. The molecule has 0 bridgehead atoms. The molecule has 1 atom stereocenters. The summed E-state index contributed by atoms with van der Waals surface area (Å²) in [5, 5.41) is 9.22. The minimum absolute atomic E-state index is 0.0502. The van der Waals surface area contributed by atoms with Gasteiger partial charge in [-0.1, -0.05) is 0 Å². The largest absolute Gasteiger partial charge is 0.392 e. The Bertz CT molecular complexity index is 201. The number of aliphatic hydroxyl groups excluding tert-OH is 1. The number of piperazine rings is 1. The summed E-state index contributed by atoms with van der Waals surface area (Å²) in [6, 6.07) is 0. The lowest BCUT2D eigenvalue weighted by Crippen LogP contribution is -2.50. The Morgan fingerprint density at radius 2 is 2.00 bits per heavy atom. The summed E-state index contributed by atoms with van der Waals surface area (Å²) in [5.41, 5.74) is 0. The van der Waals surface area contributed by atoms with Gasteiger partial charge in [0, 0.05) is 39.8 Å². The van der Waals surface area contributed by atoms with Crippen molar-refractivity contribution < 1.29 is 14.6 Å². The predicted molar refractivity (Wildman–Crippen MR) is 56.6 cm³/mol. The van der Waals surface area contributed by atoms with Crippen molar-refractivity contribution in [3.8, 4) is 0 Å². The van der Waals surface area contributed by atoms with Gasteiger partial charge in [0.25, 0.3) is 0 Å². The van der Waals surface area contributed by atoms with Crippen LogP contribution in [0.2, 0.25) is 0 Å². The summed E-state index contributed by atoms with van der Waals surface area (Å²) < 4.78 is 4.80. The molecule has 1 unspecified atom stereocenters. The van der Waals surface area contributed by atoms with Gasteiger partial charge in [-0.15, -0.1) is 0 Å². The second-order valence-electron chi connectivity index (χ2n) is 3.96. The molecule has 5 nitrogen and oxygen atoms in total. The third-order valence-corrected chi connectivity index (χ3v) is 2.52. The van der Waals surface area contributed by atoms with Crippen molar-refractivity contribution in [2.75, 3.05) is 46.4 Å². The average Bonchev–Trinajstić information content (AvgIpc) is 2.18. The quantitative estimate of drug-likeness (QED) is 0.665. The molecule has 0 radical (unpaired) electrons. The van der Waals surface area contributed by atoms with Crippen LogP contribution in [0.15, 0.2) is 0 Å². The number of rotatable bonds is 4. The molecule has 1 aliphatic heterocycles. The number of amides is 1. The van der Waals surface area contributed by atoms with Crippen molar-refractivity contribution in [2.45, 2.75) is 13.0 Å². The third-order valence-electron chi connectivity index (χ3n) is 2.52. The fourth-order valence-corrected chi connectivity index (χ4v) is 1.77. The van der Waals surface area contributed by atoms with Crippen molar-refractivity contribution in [2.24, 2.45) is 0 Å². The summed E-state index contributed by atoms with van der Waals surface area (Å²) in [4.78, 5) is 15.4. The molecule has 1 saturated heterocycles. The zero-order valence-electron chi connectivity index (χ0n) is 9.48. The second-order valence-corrected chi connectivity index (χ2v) is 3.96. The van der Waals surface area contributed by atoms with Gasteiger partial charge in [0.15, 0.2) is 0 Å². The van der Waals surface area contributed by atoms with E-state index in [1.165, 1.54) is 7.11 Å². The Hall–Kier alpha value is -0.650. The molecule has 5 heteroatoms. The number of methoxy groups -OCH3 is 1. The maximum Gasteiger partial charge on any atom is 0.248 e. The van der Waals surface area contributed by atoms with Crippen LogP contribution in [0.4, 0.5) is 0 Å². The maximum absolute atomic E-state index is 11.5. The molecular weight excluding hydrogens is 196 g/mol.